The van der Waals surface area contributed by atoms with E-state index in [4.69, 9.17) is 11.6 Å². The summed E-state index contributed by atoms with van der Waals surface area (Å²) in [4.78, 5) is 0. The molecular weight excluding hydrogens is 222 g/mol. The number of hydrogen-bond donors (Lipinski definition) is 0. The zero-order valence-electron chi connectivity index (χ0n) is 9.61. The Kier molecular flexibility index (Phi) is 2.97. The molecule has 0 saturated heterocycles. The van der Waals surface area contributed by atoms with Crippen molar-refractivity contribution < 1.29 is 0 Å². The van der Waals surface area contributed by atoms with E-state index in [1.165, 1.54) is 0 Å². The Bertz CT molecular complexity index is 503. The third kappa shape index (κ3) is 1.83. The molecule has 0 atom stereocenters. The van der Waals surface area contributed by atoms with Crippen LogP contribution in [0.4, 0.5) is 0 Å². The molecule has 1 aromatic carbocycles. The Morgan fingerprint density at radius 2 is 2.06 bits per heavy atom. The van der Waals surface area contributed by atoms with Crippen molar-refractivity contribution in [1.82, 2.24) is 14.8 Å². The van der Waals surface area contributed by atoms with E-state index in [0.717, 1.165) is 22.0 Å². The van der Waals surface area contributed by atoms with Gasteiger partial charge in [0.1, 0.15) is 6.33 Å². The Hall–Kier alpha value is -1.35. The molecule has 0 radical (unpaired) electrons. The van der Waals surface area contributed by atoms with Gasteiger partial charge in [0.2, 0.25) is 0 Å². The average Bonchev–Trinajstić information content (AvgIpc) is 2.70. The monoisotopic (exact) mass is 235 g/mol. The number of rotatable bonds is 2. The van der Waals surface area contributed by atoms with Crippen molar-refractivity contribution in [3.63, 3.8) is 0 Å². The highest BCUT2D eigenvalue weighted by Gasteiger charge is 2.12. The second-order valence-electron chi connectivity index (χ2n) is 4.07. The lowest BCUT2D eigenvalue weighted by Crippen LogP contribution is -2.02. The largest absolute Gasteiger partial charge is 0.311 e. The van der Waals surface area contributed by atoms with Gasteiger partial charge in [0.25, 0.3) is 0 Å². The average molecular weight is 236 g/mol. The number of aromatic nitrogens is 3. The van der Waals surface area contributed by atoms with Gasteiger partial charge in [0.05, 0.1) is 0 Å². The van der Waals surface area contributed by atoms with Crippen LogP contribution in [0.1, 0.15) is 25.5 Å². The second kappa shape index (κ2) is 4.26. The Balaban J connectivity index is 2.59. The van der Waals surface area contributed by atoms with E-state index >= 15 is 0 Å². The first kappa shape index (κ1) is 11.1. The molecule has 16 heavy (non-hydrogen) atoms. The summed E-state index contributed by atoms with van der Waals surface area (Å²) < 4.78 is 2.04. The van der Waals surface area contributed by atoms with Gasteiger partial charge in [-0.15, -0.1) is 10.2 Å². The second-order valence-corrected chi connectivity index (χ2v) is 4.48. The predicted molar refractivity (Wildman–Crippen MR) is 65.6 cm³/mol. The highest BCUT2D eigenvalue weighted by atomic mass is 35.5. The van der Waals surface area contributed by atoms with Crippen LogP contribution >= 0.6 is 11.6 Å². The maximum absolute atomic E-state index is 6.11. The van der Waals surface area contributed by atoms with Gasteiger partial charge < -0.3 is 4.57 Å². The highest BCUT2D eigenvalue weighted by molar-refractivity contribution is 6.31. The summed E-state index contributed by atoms with van der Waals surface area (Å²) in [6, 6.07) is 6.17. The molecule has 2 rings (SSSR count). The molecule has 0 unspecified atom stereocenters. The highest BCUT2D eigenvalue weighted by Crippen LogP contribution is 2.28. The van der Waals surface area contributed by atoms with E-state index < -0.39 is 0 Å². The van der Waals surface area contributed by atoms with E-state index in [1.54, 1.807) is 6.33 Å². The van der Waals surface area contributed by atoms with Crippen molar-refractivity contribution in [1.29, 1.82) is 0 Å². The van der Waals surface area contributed by atoms with Crippen LogP contribution in [-0.2, 0) is 0 Å². The zero-order chi connectivity index (χ0) is 11.7. The van der Waals surface area contributed by atoms with Gasteiger partial charge in [-0.05, 0) is 32.4 Å². The molecule has 0 N–H and O–H groups in total. The maximum Gasteiger partial charge on any atom is 0.164 e. The molecule has 1 aromatic heterocycles. The Labute approximate surface area is 100 Å². The van der Waals surface area contributed by atoms with Crippen LogP contribution in [0.2, 0.25) is 5.02 Å². The first-order valence-corrected chi connectivity index (χ1v) is 5.64. The van der Waals surface area contributed by atoms with Crippen LogP contribution in [0.5, 0.6) is 0 Å². The molecule has 2 aromatic rings. The molecule has 0 aliphatic carbocycles. The van der Waals surface area contributed by atoms with Crippen molar-refractivity contribution in [3.8, 4) is 11.4 Å². The zero-order valence-corrected chi connectivity index (χ0v) is 10.4. The smallest absolute Gasteiger partial charge is 0.164 e. The molecule has 0 amide bonds. The molecule has 0 fully saturated rings. The van der Waals surface area contributed by atoms with Crippen LogP contribution < -0.4 is 0 Å². The lowest BCUT2D eigenvalue weighted by Gasteiger charge is -2.12. The molecule has 3 nitrogen and oxygen atoms in total. The standard InChI is InChI=1S/C12H14ClN3/c1-8(2)16-7-14-15-12(16)10-5-4-6-11(13)9(10)3/h4-8H,1-3H3. The first-order valence-electron chi connectivity index (χ1n) is 5.26. The summed E-state index contributed by atoms with van der Waals surface area (Å²) in [6.45, 7) is 6.20. The molecule has 0 spiro atoms. The van der Waals surface area contributed by atoms with Crippen molar-refractivity contribution in [2.45, 2.75) is 26.8 Å². The van der Waals surface area contributed by atoms with Crippen molar-refractivity contribution in [3.05, 3.63) is 35.1 Å². The van der Waals surface area contributed by atoms with Gasteiger partial charge in [0, 0.05) is 16.6 Å². The minimum absolute atomic E-state index is 0.336. The maximum atomic E-state index is 6.11. The van der Waals surface area contributed by atoms with Crippen LogP contribution in [0.3, 0.4) is 0 Å². The van der Waals surface area contributed by atoms with Gasteiger partial charge in [-0.3, -0.25) is 0 Å². The normalized spacial score (nSPS) is 11.1. The van der Waals surface area contributed by atoms with Crippen LogP contribution in [0, 0.1) is 6.92 Å². The minimum Gasteiger partial charge on any atom is -0.311 e. The lowest BCUT2D eigenvalue weighted by atomic mass is 10.1. The van der Waals surface area contributed by atoms with Crippen molar-refractivity contribution in [2.75, 3.05) is 0 Å². The van der Waals surface area contributed by atoms with Gasteiger partial charge in [-0.25, -0.2) is 0 Å². The molecule has 4 heteroatoms. The molecule has 0 bridgehead atoms. The summed E-state index contributed by atoms with van der Waals surface area (Å²) in [5, 5.41) is 8.88. The van der Waals surface area contributed by atoms with Gasteiger partial charge in [-0.2, -0.15) is 0 Å². The summed E-state index contributed by atoms with van der Waals surface area (Å²) in [6.07, 6.45) is 1.75. The fraction of sp³-hybridized carbons (Fsp3) is 0.333. The van der Waals surface area contributed by atoms with Gasteiger partial charge in [0.15, 0.2) is 5.82 Å². The topological polar surface area (TPSA) is 30.7 Å². The van der Waals surface area contributed by atoms with E-state index in [0.29, 0.717) is 6.04 Å². The van der Waals surface area contributed by atoms with E-state index in [2.05, 4.69) is 24.0 Å². The molecule has 0 aliphatic heterocycles. The molecule has 1 heterocycles. The van der Waals surface area contributed by atoms with E-state index in [-0.39, 0.29) is 0 Å². The fourth-order valence-electron chi connectivity index (χ4n) is 1.66. The molecule has 84 valence electrons. The van der Waals surface area contributed by atoms with Crippen LogP contribution in [-0.4, -0.2) is 14.8 Å². The fourth-order valence-corrected chi connectivity index (χ4v) is 1.84. The minimum atomic E-state index is 0.336. The van der Waals surface area contributed by atoms with Gasteiger partial charge in [-0.1, -0.05) is 23.7 Å². The summed E-state index contributed by atoms with van der Waals surface area (Å²) >= 11 is 6.11. The summed E-state index contributed by atoms with van der Waals surface area (Å²) in [5.41, 5.74) is 2.08. The lowest BCUT2D eigenvalue weighted by molar-refractivity contribution is 0.604. The number of hydrogen-bond acceptors (Lipinski definition) is 2. The predicted octanol–water partition coefficient (Wildman–Crippen LogP) is 3.49. The van der Waals surface area contributed by atoms with Crippen LogP contribution in [0.25, 0.3) is 11.4 Å². The number of halogens is 1. The van der Waals surface area contributed by atoms with Crippen LogP contribution in [0.15, 0.2) is 24.5 Å². The Morgan fingerprint density at radius 3 is 2.75 bits per heavy atom. The van der Waals surface area contributed by atoms with E-state index in [9.17, 15) is 0 Å². The summed E-state index contributed by atoms with van der Waals surface area (Å²) in [5.74, 6) is 0.870. The quantitative estimate of drug-likeness (QED) is 0.798. The number of benzene rings is 1. The number of nitrogens with zero attached hydrogens (tertiary/aromatic N) is 3. The van der Waals surface area contributed by atoms with Crippen molar-refractivity contribution in [2.24, 2.45) is 0 Å². The third-order valence-electron chi connectivity index (χ3n) is 2.64. The Morgan fingerprint density at radius 1 is 1.31 bits per heavy atom. The van der Waals surface area contributed by atoms with Crippen molar-refractivity contribution >= 4 is 11.6 Å². The third-order valence-corrected chi connectivity index (χ3v) is 3.05. The van der Waals surface area contributed by atoms with E-state index in [1.807, 2.05) is 29.7 Å². The molecular formula is C12H14ClN3. The SMILES string of the molecule is Cc1c(Cl)cccc1-c1nncn1C(C)C. The van der Waals surface area contributed by atoms with Gasteiger partial charge >= 0.3 is 0 Å². The molecule has 0 saturated carbocycles. The molecule has 0 aliphatic rings. The first-order chi connectivity index (χ1) is 7.61. The summed E-state index contributed by atoms with van der Waals surface area (Å²) in [7, 11) is 0.